The van der Waals surface area contributed by atoms with Crippen molar-refractivity contribution < 1.29 is 0 Å². The van der Waals surface area contributed by atoms with Gasteiger partial charge in [-0.1, -0.05) is 33.1 Å². The summed E-state index contributed by atoms with van der Waals surface area (Å²) in [5, 5.41) is 0. The Morgan fingerprint density at radius 2 is 1.92 bits per heavy atom. The van der Waals surface area contributed by atoms with Crippen LogP contribution in [0.1, 0.15) is 52.4 Å². The van der Waals surface area contributed by atoms with E-state index in [0.717, 1.165) is 23.7 Å². The number of hydrogen-bond acceptors (Lipinski definition) is 0. The quantitative estimate of drug-likeness (QED) is 0.555. The first kappa shape index (κ1) is 8.59. The molecule has 0 heteroatoms. The lowest BCUT2D eigenvalue weighted by Gasteiger charge is -2.42. The highest BCUT2D eigenvalue weighted by Crippen LogP contribution is 2.45. The van der Waals surface area contributed by atoms with E-state index in [4.69, 9.17) is 0 Å². The van der Waals surface area contributed by atoms with Crippen molar-refractivity contribution in [3.63, 3.8) is 0 Å². The van der Waals surface area contributed by atoms with E-state index in [-0.39, 0.29) is 0 Å². The van der Waals surface area contributed by atoms with Crippen molar-refractivity contribution in [1.29, 1.82) is 0 Å². The summed E-state index contributed by atoms with van der Waals surface area (Å²) in [4.78, 5) is 0. The summed E-state index contributed by atoms with van der Waals surface area (Å²) in [5.41, 5.74) is 0. The molecule has 2 rings (SSSR count). The molecule has 2 aliphatic rings. The second-order valence-electron chi connectivity index (χ2n) is 5.16. The lowest BCUT2D eigenvalue weighted by atomic mass is 9.64. The van der Waals surface area contributed by atoms with Gasteiger partial charge in [0.25, 0.3) is 0 Å². The number of hydrogen-bond donors (Lipinski definition) is 0. The van der Waals surface area contributed by atoms with Crippen LogP contribution < -0.4 is 0 Å². The lowest BCUT2D eigenvalue weighted by molar-refractivity contribution is 0.0900. The van der Waals surface area contributed by atoms with Gasteiger partial charge in [-0.25, -0.2) is 0 Å². The summed E-state index contributed by atoms with van der Waals surface area (Å²) >= 11 is 0. The van der Waals surface area contributed by atoms with E-state index in [1.54, 1.807) is 19.3 Å². The molecular weight excluding hydrogens is 144 g/mol. The minimum atomic E-state index is 1.04. The van der Waals surface area contributed by atoms with Crippen molar-refractivity contribution in [2.24, 2.45) is 23.7 Å². The SMILES string of the molecule is CCC1CC2CCC(C)C(C1)C2. The van der Waals surface area contributed by atoms with Crippen molar-refractivity contribution in [3.05, 3.63) is 0 Å². The van der Waals surface area contributed by atoms with Gasteiger partial charge in [0, 0.05) is 0 Å². The van der Waals surface area contributed by atoms with Gasteiger partial charge in [0.1, 0.15) is 0 Å². The number of rotatable bonds is 1. The molecule has 0 N–H and O–H groups in total. The van der Waals surface area contributed by atoms with Gasteiger partial charge >= 0.3 is 0 Å². The van der Waals surface area contributed by atoms with Crippen molar-refractivity contribution in [2.75, 3.05) is 0 Å². The third kappa shape index (κ3) is 1.53. The fourth-order valence-corrected chi connectivity index (χ4v) is 3.38. The molecular formula is C12H22. The molecule has 0 nitrogen and oxygen atoms in total. The minimum Gasteiger partial charge on any atom is -0.0651 e. The van der Waals surface area contributed by atoms with Crippen LogP contribution in [0.2, 0.25) is 0 Å². The second kappa shape index (κ2) is 3.40. The van der Waals surface area contributed by atoms with Crippen LogP contribution in [0.25, 0.3) is 0 Å². The van der Waals surface area contributed by atoms with Gasteiger partial charge in [0.2, 0.25) is 0 Å². The molecule has 0 heterocycles. The third-order valence-electron chi connectivity index (χ3n) is 4.35. The summed E-state index contributed by atoms with van der Waals surface area (Å²) in [7, 11) is 0. The van der Waals surface area contributed by atoms with E-state index < -0.39 is 0 Å². The molecule has 70 valence electrons. The molecule has 0 radical (unpaired) electrons. The van der Waals surface area contributed by atoms with E-state index in [2.05, 4.69) is 13.8 Å². The topological polar surface area (TPSA) is 0 Å². The van der Waals surface area contributed by atoms with Crippen LogP contribution in [-0.2, 0) is 0 Å². The predicted octanol–water partition coefficient (Wildman–Crippen LogP) is 3.86. The van der Waals surface area contributed by atoms with Gasteiger partial charge in [-0.15, -0.1) is 0 Å². The molecule has 0 amide bonds. The zero-order valence-electron chi connectivity index (χ0n) is 8.55. The van der Waals surface area contributed by atoms with Gasteiger partial charge < -0.3 is 0 Å². The first-order valence-electron chi connectivity index (χ1n) is 5.79. The van der Waals surface area contributed by atoms with Crippen molar-refractivity contribution in [3.8, 4) is 0 Å². The molecule has 2 saturated carbocycles. The van der Waals surface area contributed by atoms with Crippen LogP contribution in [0, 0.1) is 23.7 Å². The van der Waals surface area contributed by atoms with Crippen LogP contribution >= 0.6 is 0 Å². The first-order valence-corrected chi connectivity index (χ1v) is 5.79. The molecule has 2 aliphatic carbocycles. The van der Waals surface area contributed by atoms with Crippen LogP contribution in [0.3, 0.4) is 0 Å². The number of fused-ring (bicyclic) bond motifs is 2. The van der Waals surface area contributed by atoms with Crippen molar-refractivity contribution >= 4 is 0 Å². The second-order valence-corrected chi connectivity index (χ2v) is 5.16. The Kier molecular flexibility index (Phi) is 2.43. The Morgan fingerprint density at radius 1 is 1.08 bits per heavy atom. The molecule has 0 aromatic heterocycles. The highest BCUT2D eigenvalue weighted by atomic mass is 14.4. The molecule has 2 bridgehead atoms. The van der Waals surface area contributed by atoms with Crippen LogP contribution in [-0.4, -0.2) is 0 Å². The average molecular weight is 166 g/mol. The molecule has 0 aromatic rings. The van der Waals surface area contributed by atoms with Crippen molar-refractivity contribution in [2.45, 2.75) is 52.4 Å². The monoisotopic (exact) mass is 166 g/mol. The zero-order chi connectivity index (χ0) is 8.55. The highest BCUT2D eigenvalue weighted by Gasteiger charge is 2.34. The van der Waals surface area contributed by atoms with E-state index in [1.165, 1.54) is 19.3 Å². The van der Waals surface area contributed by atoms with E-state index in [9.17, 15) is 0 Å². The summed E-state index contributed by atoms with van der Waals surface area (Å²) < 4.78 is 0. The summed E-state index contributed by atoms with van der Waals surface area (Å²) in [6.07, 6.45) is 9.16. The third-order valence-corrected chi connectivity index (χ3v) is 4.35. The van der Waals surface area contributed by atoms with E-state index in [0.29, 0.717) is 0 Å². The maximum atomic E-state index is 2.47. The highest BCUT2D eigenvalue weighted by molar-refractivity contribution is 4.85. The van der Waals surface area contributed by atoms with Gasteiger partial charge in [-0.05, 0) is 42.9 Å². The zero-order valence-corrected chi connectivity index (χ0v) is 8.55. The van der Waals surface area contributed by atoms with Crippen LogP contribution in [0.15, 0.2) is 0 Å². The molecule has 0 spiro atoms. The van der Waals surface area contributed by atoms with Gasteiger partial charge in [-0.3, -0.25) is 0 Å². The van der Waals surface area contributed by atoms with E-state index in [1.807, 2.05) is 0 Å². The van der Waals surface area contributed by atoms with Crippen LogP contribution in [0.5, 0.6) is 0 Å². The molecule has 2 fully saturated rings. The first-order chi connectivity index (χ1) is 5.79. The van der Waals surface area contributed by atoms with Crippen molar-refractivity contribution in [1.82, 2.24) is 0 Å². The lowest BCUT2D eigenvalue weighted by Crippen LogP contribution is -2.31. The molecule has 0 aromatic carbocycles. The Hall–Kier alpha value is 0. The fourth-order valence-electron chi connectivity index (χ4n) is 3.38. The maximum Gasteiger partial charge on any atom is -0.0383 e. The van der Waals surface area contributed by atoms with E-state index >= 15 is 0 Å². The maximum absolute atomic E-state index is 2.47. The summed E-state index contributed by atoms with van der Waals surface area (Å²) in [6.45, 7) is 4.84. The Morgan fingerprint density at radius 3 is 2.67 bits per heavy atom. The molecule has 12 heavy (non-hydrogen) atoms. The fraction of sp³-hybridized carbons (Fsp3) is 1.00. The Balaban J connectivity index is 1.99. The average Bonchev–Trinajstić information content (AvgIpc) is 2.12. The summed E-state index contributed by atoms with van der Waals surface area (Å²) in [6, 6.07) is 0. The molecule has 4 atom stereocenters. The molecule has 0 aliphatic heterocycles. The van der Waals surface area contributed by atoms with Gasteiger partial charge in [-0.2, -0.15) is 0 Å². The largest absolute Gasteiger partial charge is 0.0651 e. The normalized spacial score (nSPS) is 47.5. The van der Waals surface area contributed by atoms with Crippen LogP contribution in [0.4, 0.5) is 0 Å². The van der Waals surface area contributed by atoms with Gasteiger partial charge in [0.15, 0.2) is 0 Å². The standard InChI is InChI=1S/C12H22/c1-3-10-6-11-5-4-9(2)12(7-10)8-11/h9-12H,3-8H2,1-2H3. The Labute approximate surface area is 76.7 Å². The smallest absolute Gasteiger partial charge is 0.0383 e. The Bertz CT molecular complexity index is 148. The predicted molar refractivity (Wildman–Crippen MR) is 53.0 cm³/mol. The molecule has 4 unspecified atom stereocenters. The molecule has 0 saturated heterocycles. The van der Waals surface area contributed by atoms with Gasteiger partial charge in [0.05, 0.1) is 0 Å². The summed E-state index contributed by atoms with van der Waals surface area (Å²) in [5.74, 6) is 4.33. The minimum absolute atomic E-state index is 1.04.